The van der Waals surface area contributed by atoms with Crippen LogP contribution in [0.1, 0.15) is 44.1 Å². The van der Waals surface area contributed by atoms with Gasteiger partial charge in [0.1, 0.15) is 0 Å². The van der Waals surface area contributed by atoms with E-state index in [9.17, 15) is 0 Å². The van der Waals surface area contributed by atoms with Crippen molar-refractivity contribution in [1.29, 1.82) is 0 Å². The van der Waals surface area contributed by atoms with Gasteiger partial charge in [0, 0.05) is 5.92 Å². The summed E-state index contributed by atoms with van der Waals surface area (Å²) in [7, 11) is 0. The van der Waals surface area contributed by atoms with E-state index >= 15 is 0 Å². The van der Waals surface area contributed by atoms with Crippen LogP contribution >= 0.6 is 0 Å². The smallest absolute Gasteiger partial charge is 0.0275 e. The van der Waals surface area contributed by atoms with Gasteiger partial charge < -0.3 is 0 Å². The summed E-state index contributed by atoms with van der Waals surface area (Å²) < 4.78 is 0. The molecule has 0 amide bonds. The van der Waals surface area contributed by atoms with Gasteiger partial charge in [0.05, 0.1) is 0 Å². The van der Waals surface area contributed by atoms with Crippen molar-refractivity contribution in [2.24, 2.45) is 0 Å². The molecule has 2 aliphatic rings. The minimum atomic E-state index is 0.417. The number of hydrogen-bond acceptors (Lipinski definition) is 0. The second-order valence-electron chi connectivity index (χ2n) is 5.70. The molecule has 1 unspecified atom stereocenters. The SMILES string of the molecule is CCCCC1=CC2=C(C=CC=CC2c2ccccc2)C1. The van der Waals surface area contributed by atoms with E-state index < -0.39 is 0 Å². The highest BCUT2D eigenvalue weighted by atomic mass is 14.3. The standard InChI is InChI=1S/C20H22/c1-2-3-9-16-14-18-12-7-8-13-19(20(18)15-16)17-10-5-4-6-11-17/h4-8,10-13,15,19H,2-3,9,14H2,1H3. The summed E-state index contributed by atoms with van der Waals surface area (Å²) in [5, 5.41) is 0. The second-order valence-corrected chi connectivity index (χ2v) is 5.70. The number of rotatable bonds is 4. The van der Waals surface area contributed by atoms with Crippen molar-refractivity contribution in [2.45, 2.75) is 38.5 Å². The highest BCUT2D eigenvalue weighted by Crippen LogP contribution is 2.39. The van der Waals surface area contributed by atoms with Crippen molar-refractivity contribution in [1.82, 2.24) is 0 Å². The molecule has 2 aliphatic carbocycles. The van der Waals surface area contributed by atoms with Gasteiger partial charge in [-0.05, 0) is 36.0 Å². The van der Waals surface area contributed by atoms with Crippen molar-refractivity contribution in [3.05, 3.63) is 83.0 Å². The number of allylic oxidation sites excluding steroid dienone is 8. The van der Waals surface area contributed by atoms with Crippen LogP contribution in [0.3, 0.4) is 0 Å². The molecule has 1 aromatic rings. The van der Waals surface area contributed by atoms with Gasteiger partial charge >= 0.3 is 0 Å². The van der Waals surface area contributed by atoms with E-state index in [1.54, 1.807) is 5.57 Å². The monoisotopic (exact) mass is 262 g/mol. The zero-order valence-electron chi connectivity index (χ0n) is 12.2. The van der Waals surface area contributed by atoms with Crippen LogP contribution in [0.4, 0.5) is 0 Å². The Labute approximate surface area is 122 Å². The van der Waals surface area contributed by atoms with Crippen LogP contribution in [-0.4, -0.2) is 0 Å². The lowest BCUT2D eigenvalue weighted by atomic mass is 9.90. The second kappa shape index (κ2) is 6.09. The zero-order valence-corrected chi connectivity index (χ0v) is 12.2. The third-order valence-electron chi connectivity index (χ3n) is 4.21. The summed E-state index contributed by atoms with van der Waals surface area (Å²) in [5.41, 5.74) is 6.02. The number of hydrogen-bond donors (Lipinski definition) is 0. The van der Waals surface area contributed by atoms with Crippen molar-refractivity contribution < 1.29 is 0 Å². The fourth-order valence-corrected chi connectivity index (χ4v) is 3.12. The Balaban J connectivity index is 1.90. The van der Waals surface area contributed by atoms with Crippen LogP contribution in [0.15, 0.2) is 77.4 Å². The molecule has 3 rings (SSSR count). The van der Waals surface area contributed by atoms with Crippen LogP contribution in [0, 0.1) is 0 Å². The van der Waals surface area contributed by atoms with Gasteiger partial charge in [-0.1, -0.05) is 79.6 Å². The van der Waals surface area contributed by atoms with E-state index in [1.807, 2.05) is 0 Å². The minimum Gasteiger partial charge on any atom is -0.0726 e. The predicted molar refractivity (Wildman–Crippen MR) is 86.7 cm³/mol. The van der Waals surface area contributed by atoms with Gasteiger partial charge in [-0.25, -0.2) is 0 Å². The number of unbranched alkanes of at least 4 members (excludes halogenated alkanes) is 1. The molecule has 0 heteroatoms. The topological polar surface area (TPSA) is 0 Å². The summed E-state index contributed by atoms with van der Waals surface area (Å²) in [6.45, 7) is 2.27. The Morgan fingerprint density at radius 2 is 1.95 bits per heavy atom. The van der Waals surface area contributed by atoms with E-state index in [0.717, 1.165) is 6.42 Å². The Morgan fingerprint density at radius 3 is 2.75 bits per heavy atom. The van der Waals surface area contributed by atoms with Gasteiger partial charge in [-0.2, -0.15) is 0 Å². The van der Waals surface area contributed by atoms with E-state index in [1.165, 1.54) is 36.0 Å². The van der Waals surface area contributed by atoms with E-state index in [0.29, 0.717) is 5.92 Å². The average molecular weight is 262 g/mol. The molecule has 0 saturated heterocycles. The molecule has 0 fully saturated rings. The molecule has 1 atom stereocenters. The van der Waals surface area contributed by atoms with Crippen LogP contribution in [-0.2, 0) is 0 Å². The van der Waals surface area contributed by atoms with Gasteiger partial charge in [-0.15, -0.1) is 0 Å². The lowest BCUT2D eigenvalue weighted by molar-refractivity contribution is 0.776. The van der Waals surface area contributed by atoms with Gasteiger partial charge in [0.2, 0.25) is 0 Å². The van der Waals surface area contributed by atoms with Crippen molar-refractivity contribution in [2.75, 3.05) is 0 Å². The molecule has 1 aromatic carbocycles. The third kappa shape index (κ3) is 2.70. The first-order valence-corrected chi connectivity index (χ1v) is 7.71. The molecule has 0 saturated carbocycles. The molecule has 0 radical (unpaired) electrons. The summed E-state index contributed by atoms with van der Waals surface area (Å²) in [5.74, 6) is 0.417. The molecule has 102 valence electrons. The van der Waals surface area contributed by atoms with Crippen LogP contribution in [0.5, 0.6) is 0 Å². The fraction of sp³-hybridized carbons (Fsp3) is 0.300. The van der Waals surface area contributed by atoms with E-state index in [4.69, 9.17) is 0 Å². The lowest BCUT2D eigenvalue weighted by Crippen LogP contribution is -1.97. The molecule has 0 bridgehead atoms. The molecule has 0 heterocycles. The molecule has 0 aromatic heterocycles. The van der Waals surface area contributed by atoms with Crippen molar-refractivity contribution in [3.8, 4) is 0 Å². The highest BCUT2D eigenvalue weighted by Gasteiger charge is 2.21. The number of benzene rings is 1. The predicted octanol–water partition coefficient (Wildman–Crippen LogP) is 5.71. The summed E-state index contributed by atoms with van der Waals surface area (Å²) in [6.07, 6.45) is 16.5. The van der Waals surface area contributed by atoms with Gasteiger partial charge in [-0.3, -0.25) is 0 Å². The maximum absolute atomic E-state index is 2.46. The molecular formula is C20H22. The molecule has 0 N–H and O–H groups in total. The Morgan fingerprint density at radius 1 is 1.10 bits per heavy atom. The van der Waals surface area contributed by atoms with Crippen LogP contribution in [0.2, 0.25) is 0 Å². The summed E-state index contributed by atoms with van der Waals surface area (Å²) in [6, 6.07) is 10.8. The maximum atomic E-state index is 2.46. The summed E-state index contributed by atoms with van der Waals surface area (Å²) in [4.78, 5) is 0. The molecule has 0 spiro atoms. The zero-order chi connectivity index (χ0) is 13.8. The minimum absolute atomic E-state index is 0.417. The first-order valence-electron chi connectivity index (χ1n) is 7.71. The fourth-order valence-electron chi connectivity index (χ4n) is 3.12. The molecule has 20 heavy (non-hydrogen) atoms. The molecule has 0 nitrogen and oxygen atoms in total. The quantitative estimate of drug-likeness (QED) is 0.651. The van der Waals surface area contributed by atoms with Crippen LogP contribution < -0.4 is 0 Å². The average Bonchev–Trinajstić information content (AvgIpc) is 2.79. The largest absolute Gasteiger partial charge is 0.0726 e. The maximum Gasteiger partial charge on any atom is 0.0275 e. The van der Waals surface area contributed by atoms with Gasteiger partial charge in [0.15, 0.2) is 0 Å². The third-order valence-corrected chi connectivity index (χ3v) is 4.21. The lowest BCUT2D eigenvalue weighted by Gasteiger charge is -2.14. The summed E-state index contributed by atoms with van der Waals surface area (Å²) >= 11 is 0. The van der Waals surface area contributed by atoms with E-state index in [2.05, 4.69) is 67.6 Å². The normalized spacial score (nSPS) is 20.9. The van der Waals surface area contributed by atoms with Crippen LogP contribution in [0.25, 0.3) is 0 Å². The molecular weight excluding hydrogens is 240 g/mol. The first-order chi connectivity index (χ1) is 9.88. The highest BCUT2D eigenvalue weighted by molar-refractivity contribution is 5.53. The Bertz CT molecular complexity index is 582. The Hall–Kier alpha value is -1.82. The molecule has 0 aliphatic heterocycles. The van der Waals surface area contributed by atoms with Gasteiger partial charge in [0.25, 0.3) is 0 Å². The van der Waals surface area contributed by atoms with Crippen molar-refractivity contribution >= 4 is 0 Å². The Kier molecular flexibility index (Phi) is 4.01. The van der Waals surface area contributed by atoms with E-state index in [-0.39, 0.29) is 0 Å². The first kappa shape index (κ1) is 13.2. The van der Waals surface area contributed by atoms with Crippen molar-refractivity contribution in [3.63, 3.8) is 0 Å².